The van der Waals surface area contributed by atoms with Crippen LogP contribution in [0, 0.1) is 13.8 Å². The number of nitrogens with two attached hydrogens (primary N) is 1. The van der Waals surface area contributed by atoms with Gasteiger partial charge in [-0.3, -0.25) is 0 Å². The van der Waals surface area contributed by atoms with Crippen molar-refractivity contribution in [3.8, 4) is 11.5 Å². The molecule has 2 rings (SSSR count). The molecule has 0 radical (unpaired) electrons. The molecule has 0 saturated heterocycles. The number of nitrogens with zero attached hydrogens (tertiary/aromatic N) is 2. The van der Waals surface area contributed by atoms with Crippen molar-refractivity contribution in [1.29, 1.82) is 0 Å². The van der Waals surface area contributed by atoms with E-state index in [1.807, 2.05) is 26.0 Å². The molecular weight excluding hydrogens is 202 g/mol. The lowest BCUT2D eigenvalue weighted by atomic mass is 10.0. The van der Waals surface area contributed by atoms with E-state index in [0.29, 0.717) is 11.7 Å². The predicted molar refractivity (Wildman–Crippen MR) is 61.8 cm³/mol. The van der Waals surface area contributed by atoms with Crippen LogP contribution < -0.4 is 5.73 Å². The highest BCUT2D eigenvalue weighted by molar-refractivity contribution is 5.60. The minimum Gasteiger partial charge on any atom is -0.334 e. The van der Waals surface area contributed by atoms with Gasteiger partial charge in [0.25, 0.3) is 5.89 Å². The van der Waals surface area contributed by atoms with Gasteiger partial charge in [0, 0.05) is 5.56 Å². The summed E-state index contributed by atoms with van der Waals surface area (Å²) in [5.41, 5.74) is 9.02. The van der Waals surface area contributed by atoms with Gasteiger partial charge in [-0.15, -0.1) is 0 Å². The van der Waals surface area contributed by atoms with Crippen LogP contribution in [0.25, 0.3) is 11.5 Å². The van der Waals surface area contributed by atoms with Gasteiger partial charge < -0.3 is 10.3 Å². The van der Waals surface area contributed by atoms with Crippen LogP contribution in [-0.4, -0.2) is 10.1 Å². The van der Waals surface area contributed by atoms with E-state index < -0.39 is 0 Å². The van der Waals surface area contributed by atoms with Gasteiger partial charge in [-0.2, -0.15) is 4.98 Å². The highest BCUT2D eigenvalue weighted by Crippen LogP contribution is 2.24. The van der Waals surface area contributed by atoms with Crippen LogP contribution in [0.1, 0.15) is 29.9 Å². The molecule has 0 aliphatic carbocycles. The summed E-state index contributed by atoms with van der Waals surface area (Å²) in [5.74, 6) is 1.07. The molecular formula is C12H15N3O. The van der Waals surface area contributed by atoms with Crippen LogP contribution in [0.4, 0.5) is 0 Å². The highest BCUT2D eigenvalue weighted by Gasteiger charge is 2.13. The maximum absolute atomic E-state index is 5.69. The van der Waals surface area contributed by atoms with E-state index in [9.17, 15) is 0 Å². The average Bonchev–Trinajstić information content (AvgIpc) is 2.71. The van der Waals surface area contributed by atoms with Gasteiger partial charge in [-0.05, 0) is 38.0 Å². The van der Waals surface area contributed by atoms with E-state index >= 15 is 0 Å². The lowest BCUT2D eigenvalue weighted by molar-refractivity contribution is 0.418. The molecule has 1 heterocycles. The monoisotopic (exact) mass is 217 g/mol. The standard InChI is InChI=1S/C12H15N3O/c1-7-5-4-6-10(8(7)2)12-14-11(9(3)13)15-16-12/h4-6,9H,13H2,1-3H3. The number of benzene rings is 1. The van der Waals surface area contributed by atoms with Gasteiger partial charge in [0.2, 0.25) is 0 Å². The fraction of sp³-hybridized carbons (Fsp3) is 0.333. The summed E-state index contributed by atoms with van der Waals surface area (Å²) in [6.45, 7) is 5.93. The Bertz CT molecular complexity index is 503. The van der Waals surface area contributed by atoms with E-state index in [0.717, 1.165) is 11.1 Å². The molecule has 2 N–H and O–H groups in total. The normalized spacial score (nSPS) is 12.8. The lowest BCUT2D eigenvalue weighted by Crippen LogP contribution is -2.06. The Hall–Kier alpha value is -1.68. The van der Waals surface area contributed by atoms with Crippen molar-refractivity contribution in [2.45, 2.75) is 26.8 Å². The van der Waals surface area contributed by atoms with Gasteiger partial charge in [0.15, 0.2) is 5.82 Å². The molecule has 84 valence electrons. The molecule has 0 fully saturated rings. The molecule has 0 spiro atoms. The summed E-state index contributed by atoms with van der Waals surface area (Å²) < 4.78 is 5.21. The zero-order valence-electron chi connectivity index (χ0n) is 9.69. The smallest absolute Gasteiger partial charge is 0.258 e. The van der Waals surface area contributed by atoms with Crippen molar-refractivity contribution in [2.75, 3.05) is 0 Å². The molecule has 4 heteroatoms. The van der Waals surface area contributed by atoms with Gasteiger partial charge in [-0.25, -0.2) is 0 Å². The molecule has 1 aromatic heterocycles. The molecule has 4 nitrogen and oxygen atoms in total. The first-order valence-electron chi connectivity index (χ1n) is 5.25. The van der Waals surface area contributed by atoms with Crippen molar-refractivity contribution >= 4 is 0 Å². The van der Waals surface area contributed by atoms with Gasteiger partial charge in [-0.1, -0.05) is 17.3 Å². The Balaban J connectivity index is 2.47. The summed E-state index contributed by atoms with van der Waals surface area (Å²) >= 11 is 0. The highest BCUT2D eigenvalue weighted by atomic mass is 16.5. The summed E-state index contributed by atoms with van der Waals surface area (Å²) in [7, 11) is 0. The van der Waals surface area contributed by atoms with Crippen molar-refractivity contribution in [2.24, 2.45) is 5.73 Å². The second kappa shape index (κ2) is 4.06. The summed E-state index contributed by atoms with van der Waals surface area (Å²) in [6.07, 6.45) is 0. The Morgan fingerprint density at radius 3 is 2.69 bits per heavy atom. The molecule has 0 aliphatic rings. The third-order valence-electron chi connectivity index (χ3n) is 2.68. The fourth-order valence-corrected chi connectivity index (χ4v) is 1.51. The van der Waals surface area contributed by atoms with Crippen LogP contribution in [-0.2, 0) is 0 Å². The van der Waals surface area contributed by atoms with Crippen LogP contribution in [0.3, 0.4) is 0 Å². The van der Waals surface area contributed by atoms with Crippen molar-refractivity contribution in [3.63, 3.8) is 0 Å². The lowest BCUT2D eigenvalue weighted by Gasteiger charge is -2.03. The summed E-state index contributed by atoms with van der Waals surface area (Å²) in [5, 5.41) is 3.85. The van der Waals surface area contributed by atoms with Crippen LogP contribution in [0.2, 0.25) is 0 Å². The molecule has 2 aromatic rings. The fourth-order valence-electron chi connectivity index (χ4n) is 1.51. The first-order chi connectivity index (χ1) is 7.59. The SMILES string of the molecule is Cc1cccc(-c2nc(C(C)N)no2)c1C. The second-order valence-electron chi connectivity index (χ2n) is 3.99. The Morgan fingerprint density at radius 2 is 2.06 bits per heavy atom. The van der Waals surface area contributed by atoms with Gasteiger partial charge in [0.1, 0.15) is 0 Å². The van der Waals surface area contributed by atoms with E-state index in [-0.39, 0.29) is 6.04 Å². The first-order valence-corrected chi connectivity index (χ1v) is 5.25. The van der Waals surface area contributed by atoms with Gasteiger partial charge >= 0.3 is 0 Å². The minimum absolute atomic E-state index is 0.206. The molecule has 1 atom stereocenters. The molecule has 1 unspecified atom stereocenters. The van der Waals surface area contributed by atoms with Crippen molar-refractivity contribution in [3.05, 3.63) is 35.2 Å². The Morgan fingerprint density at radius 1 is 1.31 bits per heavy atom. The maximum Gasteiger partial charge on any atom is 0.258 e. The number of aryl methyl sites for hydroxylation is 1. The molecule has 0 amide bonds. The minimum atomic E-state index is -0.206. The average molecular weight is 217 g/mol. The molecule has 0 aliphatic heterocycles. The van der Waals surface area contributed by atoms with Crippen molar-refractivity contribution < 1.29 is 4.52 Å². The quantitative estimate of drug-likeness (QED) is 0.838. The topological polar surface area (TPSA) is 64.9 Å². The number of hydrogen-bond donors (Lipinski definition) is 1. The maximum atomic E-state index is 5.69. The molecule has 0 saturated carbocycles. The van der Waals surface area contributed by atoms with E-state index in [1.54, 1.807) is 0 Å². The second-order valence-corrected chi connectivity index (χ2v) is 3.99. The van der Waals surface area contributed by atoms with Gasteiger partial charge in [0.05, 0.1) is 6.04 Å². The van der Waals surface area contributed by atoms with E-state index in [1.165, 1.54) is 5.56 Å². The third kappa shape index (κ3) is 1.84. The van der Waals surface area contributed by atoms with Crippen LogP contribution in [0.5, 0.6) is 0 Å². The van der Waals surface area contributed by atoms with Crippen LogP contribution in [0.15, 0.2) is 22.7 Å². The third-order valence-corrected chi connectivity index (χ3v) is 2.68. The predicted octanol–water partition coefficient (Wildman–Crippen LogP) is 2.37. The molecule has 0 bridgehead atoms. The van der Waals surface area contributed by atoms with E-state index in [2.05, 4.69) is 23.1 Å². The molecule has 16 heavy (non-hydrogen) atoms. The first kappa shape index (κ1) is 10.8. The number of rotatable bonds is 2. The van der Waals surface area contributed by atoms with E-state index in [4.69, 9.17) is 10.3 Å². The van der Waals surface area contributed by atoms with Crippen molar-refractivity contribution in [1.82, 2.24) is 10.1 Å². The summed E-state index contributed by atoms with van der Waals surface area (Å²) in [4.78, 5) is 4.28. The zero-order valence-corrected chi connectivity index (χ0v) is 9.69. The molecule has 1 aromatic carbocycles. The zero-order chi connectivity index (χ0) is 11.7. The number of aromatic nitrogens is 2. The Labute approximate surface area is 94.5 Å². The largest absolute Gasteiger partial charge is 0.334 e. The van der Waals surface area contributed by atoms with Crippen LogP contribution >= 0.6 is 0 Å². The summed E-state index contributed by atoms with van der Waals surface area (Å²) in [6, 6.07) is 5.80. The number of hydrogen-bond acceptors (Lipinski definition) is 4. The Kier molecular flexibility index (Phi) is 2.75.